The molecule has 3 rings (SSSR count). The molecule has 31 heavy (non-hydrogen) atoms. The zero-order valence-electron chi connectivity index (χ0n) is 17.8. The van der Waals surface area contributed by atoms with Crippen molar-refractivity contribution in [2.45, 2.75) is 32.2 Å². The van der Waals surface area contributed by atoms with Crippen molar-refractivity contribution in [3.8, 4) is 5.75 Å². The molecule has 0 bridgehead atoms. The number of aryl methyl sites for hydroxylation is 3. The van der Waals surface area contributed by atoms with Crippen LogP contribution in [0, 0.1) is 20.8 Å². The minimum absolute atomic E-state index is 0.146. The fraction of sp³-hybridized carbons (Fsp3) is 0.208. The lowest BCUT2D eigenvalue weighted by atomic mass is 10.1. The average molecular weight is 439 g/mol. The molecule has 162 valence electrons. The molecule has 0 aliphatic rings. The van der Waals surface area contributed by atoms with E-state index in [0.29, 0.717) is 17.0 Å². The lowest BCUT2D eigenvalue weighted by Gasteiger charge is -2.12. The molecule has 7 heteroatoms. The second kappa shape index (κ2) is 9.76. The van der Waals surface area contributed by atoms with Crippen LogP contribution in [0.1, 0.15) is 22.3 Å². The normalized spacial score (nSPS) is 11.2. The molecule has 3 aromatic rings. The first-order chi connectivity index (χ1) is 14.7. The Morgan fingerprint density at radius 3 is 2.23 bits per heavy atom. The molecule has 0 heterocycles. The lowest BCUT2D eigenvalue weighted by molar-refractivity contribution is -0.118. The van der Waals surface area contributed by atoms with Gasteiger partial charge in [-0.25, -0.2) is 13.1 Å². The second-order valence-corrected chi connectivity index (χ2v) is 9.22. The minimum atomic E-state index is -3.66. The summed E-state index contributed by atoms with van der Waals surface area (Å²) < 4.78 is 33.3. The first kappa shape index (κ1) is 22.5. The molecule has 6 nitrogen and oxygen atoms in total. The Balaban J connectivity index is 1.60. The van der Waals surface area contributed by atoms with E-state index in [-0.39, 0.29) is 24.0 Å². The quantitative estimate of drug-likeness (QED) is 0.554. The zero-order valence-corrected chi connectivity index (χ0v) is 18.6. The van der Waals surface area contributed by atoms with Crippen molar-refractivity contribution < 1.29 is 17.9 Å². The summed E-state index contributed by atoms with van der Waals surface area (Å²) in [6.07, 6.45) is 0. The summed E-state index contributed by atoms with van der Waals surface area (Å²) in [6, 6.07) is 19.7. The summed E-state index contributed by atoms with van der Waals surface area (Å²) >= 11 is 0. The zero-order chi connectivity index (χ0) is 22.4. The van der Waals surface area contributed by atoms with Gasteiger partial charge >= 0.3 is 0 Å². The Hall–Kier alpha value is -3.16. The van der Waals surface area contributed by atoms with Gasteiger partial charge in [0.25, 0.3) is 5.91 Å². The highest BCUT2D eigenvalue weighted by Gasteiger charge is 2.16. The highest BCUT2D eigenvalue weighted by Crippen LogP contribution is 2.22. The Morgan fingerprint density at radius 2 is 1.58 bits per heavy atom. The Morgan fingerprint density at radius 1 is 0.903 bits per heavy atom. The number of rotatable bonds is 8. The maximum atomic E-state index is 12.6. The number of hydrogen-bond acceptors (Lipinski definition) is 4. The molecule has 0 aliphatic heterocycles. The summed E-state index contributed by atoms with van der Waals surface area (Å²) in [7, 11) is -3.66. The van der Waals surface area contributed by atoms with E-state index in [2.05, 4.69) is 10.0 Å². The Kier molecular flexibility index (Phi) is 7.09. The van der Waals surface area contributed by atoms with Gasteiger partial charge < -0.3 is 10.1 Å². The second-order valence-electron chi connectivity index (χ2n) is 7.45. The van der Waals surface area contributed by atoms with E-state index < -0.39 is 10.0 Å². The van der Waals surface area contributed by atoms with Crippen molar-refractivity contribution in [3.05, 3.63) is 89.0 Å². The van der Waals surface area contributed by atoms with Gasteiger partial charge in [-0.2, -0.15) is 0 Å². The number of nitrogens with one attached hydrogen (secondary N) is 2. The SMILES string of the molecule is Cc1cc(C)cc(NC(=O)COc2ccc(S(=O)(=O)NCc3ccccc3)cc2C)c1. The van der Waals surface area contributed by atoms with Crippen LogP contribution < -0.4 is 14.8 Å². The summed E-state index contributed by atoms with van der Waals surface area (Å²) in [4.78, 5) is 12.4. The van der Waals surface area contributed by atoms with Gasteiger partial charge in [-0.3, -0.25) is 4.79 Å². The number of amides is 1. The summed E-state index contributed by atoms with van der Waals surface area (Å²) in [5.74, 6) is 0.170. The van der Waals surface area contributed by atoms with Crippen LogP contribution in [-0.2, 0) is 21.4 Å². The Bertz CT molecular complexity index is 1160. The topological polar surface area (TPSA) is 84.5 Å². The van der Waals surface area contributed by atoms with Gasteiger partial charge in [0.1, 0.15) is 5.75 Å². The predicted molar refractivity (Wildman–Crippen MR) is 122 cm³/mol. The summed E-state index contributed by atoms with van der Waals surface area (Å²) in [5, 5.41) is 2.81. The number of benzene rings is 3. The molecule has 0 radical (unpaired) electrons. The number of hydrogen-bond donors (Lipinski definition) is 2. The fourth-order valence-corrected chi connectivity index (χ4v) is 4.30. The number of sulfonamides is 1. The molecule has 0 saturated carbocycles. The smallest absolute Gasteiger partial charge is 0.262 e. The van der Waals surface area contributed by atoms with E-state index in [1.165, 1.54) is 12.1 Å². The van der Waals surface area contributed by atoms with Crippen molar-refractivity contribution in [3.63, 3.8) is 0 Å². The van der Waals surface area contributed by atoms with Gasteiger partial charge in [-0.1, -0.05) is 36.4 Å². The Labute approximate surface area is 183 Å². The maximum absolute atomic E-state index is 12.6. The molecule has 2 N–H and O–H groups in total. The van der Waals surface area contributed by atoms with Crippen molar-refractivity contribution in [2.75, 3.05) is 11.9 Å². The molecule has 0 fully saturated rings. The number of ether oxygens (including phenoxy) is 1. The monoisotopic (exact) mass is 438 g/mol. The molecule has 0 saturated heterocycles. The van der Waals surface area contributed by atoms with Gasteiger partial charge in [-0.15, -0.1) is 0 Å². The number of carbonyl (C=O) groups is 1. The third-order valence-electron chi connectivity index (χ3n) is 4.63. The predicted octanol–water partition coefficient (Wildman–Crippen LogP) is 4.11. The van der Waals surface area contributed by atoms with Crippen LogP contribution in [0.3, 0.4) is 0 Å². The van der Waals surface area contributed by atoms with Gasteiger partial charge in [0.2, 0.25) is 10.0 Å². The van der Waals surface area contributed by atoms with Crippen LogP contribution in [0.25, 0.3) is 0 Å². The van der Waals surface area contributed by atoms with Crippen molar-refractivity contribution in [1.29, 1.82) is 0 Å². The highest BCUT2D eigenvalue weighted by atomic mass is 32.2. The summed E-state index contributed by atoms with van der Waals surface area (Å²) in [5.41, 5.74) is 4.34. The van der Waals surface area contributed by atoms with Gasteiger partial charge in [-0.05, 0) is 73.4 Å². The van der Waals surface area contributed by atoms with Crippen LogP contribution in [0.5, 0.6) is 5.75 Å². The third kappa shape index (κ3) is 6.41. The van der Waals surface area contributed by atoms with Crippen LogP contribution in [0.4, 0.5) is 5.69 Å². The molecule has 0 unspecified atom stereocenters. The first-order valence-electron chi connectivity index (χ1n) is 9.88. The van der Waals surface area contributed by atoms with Crippen LogP contribution in [0.15, 0.2) is 71.6 Å². The average Bonchev–Trinajstić information content (AvgIpc) is 2.71. The number of carbonyl (C=O) groups excluding carboxylic acids is 1. The molecular weight excluding hydrogens is 412 g/mol. The van der Waals surface area contributed by atoms with Gasteiger partial charge in [0.15, 0.2) is 6.61 Å². The number of anilines is 1. The fourth-order valence-electron chi connectivity index (χ4n) is 3.20. The molecule has 0 atom stereocenters. The lowest BCUT2D eigenvalue weighted by Crippen LogP contribution is -2.23. The molecule has 0 spiro atoms. The minimum Gasteiger partial charge on any atom is -0.483 e. The molecule has 1 amide bonds. The molecular formula is C24H26N2O4S. The molecule has 0 aromatic heterocycles. The van der Waals surface area contributed by atoms with E-state index in [1.807, 2.05) is 62.4 Å². The van der Waals surface area contributed by atoms with Crippen molar-refractivity contribution in [2.24, 2.45) is 0 Å². The van der Waals surface area contributed by atoms with Gasteiger partial charge in [0, 0.05) is 12.2 Å². The highest BCUT2D eigenvalue weighted by molar-refractivity contribution is 7.89. The van der Waals surface area contributed by atoms with E-state index in [0.717, 1.165) is 16.7 Å². The van der Waals surface area contributed by atoms with Crippen LogP contribution in [0.2, 0.25) is 0 Å². The van der Waals surface area contributed by atoms with E-state index in [1.54, 1.807) is 13.0 Å². The first-order valence-corrected chi connectivity index (χ1v) is 11.4. The maximum Gasteiger partial charge on any atom is 0.262 e. The third-order valence-corrected chi connectivity index (χ3v) is 6.03. The van der Waals surface area contributed by atoms with Gasteiger partial charge in [0.05, 0.1) is 4.90 Å². The van der Waals surface area contributed by atoms with E-state index in [9.17, 15) is 13.2 Å². The standard InChI is InChI=1S/C24H26N2O4S/c1-17-11-18(2)13-21(12-17)26-24(27)16-30-23-10-9-22(14-19(23)3)31(28,29)25-15-20-7-5-4-6-8-20/h4-14,25H,15-16H2,1-3H3,(H,26,27). The van der Waals surface area contributed by atoms with E-state index in [4.69, 9.17) is 4.74 Å². The van der Waals surface area contributed by atoms with E-state index >= 15 is 0 Å². The summed E-state index contributed by atoms with van der Waals surface area (Å²) in [6.45, 7) is 5.71. The van der Waals surface area contributed by atoms with Crippen LogP contribution in [-0.4, -0.2) is 20.9 Å². The van der Waals surface area contributed by atoms with Crippen molar-refractivity contribution in [1.82, 2.24) is 4.72 Å². The molecule has 0 aliphatic carbocycles. The van der Waals surface area contributed by atoms with Crippen molar-refractivity contribution >= 4 is 21.6 Å². The largest absolute Gasteiger partial charge is 0.483 e. The van der Waals surface area contributed by atoms with Crippen LogP contribution >= 0.6 is 0 Å². The molecule has 3 aromatic carbocycles.